The minimum atomic E-state index is -0.469. The zero-order chi connectivity index (χ0) is 9.76. The number of fused-ring (bicyclic) bond motifs is 1. The van der Waals surface area contributed by atoms with Crippen LogP contribution in [-0.4, -0.2) is 5.11 Å². The Bertz CT molecular complexity index is 348. The number of hydrogen-bond acceptors (Lipinski definition) is 2. The Labute approximate surface area is 96.3 Å². The highest BCUT2D eigenvalue weighted by atomic mass is 79.9. The number of halogens is 1. The molecule has 1 aromatic rings. The van der Waals surface area contributed by atoms with E-state index in [4.69, 9.17) is 0 Å². The maximum absolute atomic E-state index is 10.6. The topological polar surface area (TPSA) is 20.2 Å². The molecule has 2 fully saturated rings. The first-order valence-electron chi connectivity index (χ1n) is 5.20. The standard InChI is InChI=1S/C11H13BrOS/c12-9-5-6-14-10(9)11(13)7-3-1-2-4-8(7)11/h5-8,13H,1-4H2. The molecular formula is C11H13BrOS. The van der Waals surface area contributed by atoms with E-state index in [1.807, 2.05) is 6.07 Å². The number of thiophene rings is 1. The number of rotatable bonds is 1. The highest BCUT2D eigenvalue weighted by molar-refractivity contribution is 9.10. The van der Waals surface area contributed by atoms with E-state index < -0.39 is 5.60 Å². The van der Waals surface area contributed by atoms with Crippen molar-refractivity contribution in [2.45, 2.75) is 31.3 Å². The molecule has 0 aromatic carbocycles. The quantitative estimate of drug-likeness (QED) is 0.830. The zero-order valence-corrected chi connectivity index (χ0v) is 10.3. The van der Waals surface area contributed by atoms with Crippen LogP contribution in [0.25, 0.3) is 0 Å². The van der Waals surface area contributed by atoms with E-state index in [9.17, 15) is 5.11 Å². The molecule has 1 N–H and O–H groups in total. The lowest BCUT2D eigenvalue weighted by Gasteiger charge is -2.08. The van der Waals surface area contributed by atoms with Crippen molar-refractivity contribution < 1.29 is 5.11 Å². The first-order valence-corrected chi connectivity index (χ1v) is 6.87. The van der Waals surface area contributed by atoms with E-state index in [-0.39, 0.29) is 0 Å². The van der Waals surface area contributed by atoms with E-state index in [1.54, 1.807) is 11.3 Å². The minimum Gasteiger partial charge on any atom is -0.384 e. The molecule has 2 aliphatic rings. The maximum atomic E-state index is 10.6. The third-order valence-electron chi connectivity index (χ3n) is 3.77. The Balaban J connectivity index is 1.96. The van der Waals surface area contributed by atoms with Gasteiger partial charge in [0.2, 0.25) is 0 Å². The molecule has 1 nitrogen and oxygen atoms in total. The van der Waals surface area contributed by atoms with Gasteiger partial charge in [-0.1, -0.05) is 12.8 Å². The SMILES string of the molecule is OC1(c2sccc2Br)C2CCCCC21. The average molecular weight is 273 g/mol. The average Bonchev–Trinajstić information content (AvgIpc) is 2.57. The number of aliphatic hydroxyl groups is 1. The molecule has 2 unspecified atom stereocenters. The summed E-state index contributed by atoms with van der Waals surface area (Å²) in [4.78, 5) is 1.16. The van der Waals surface area contributed by atoms with Crippen LogP contribution in [0.1, 0.15) is 30.6 Å². The highest BCUT2D eigenvalue weighted by Gasteiger charge is 2.65. The molecule has 0 amide bonds. The van der Waals surface area contributed by atoms with Crippen LogP contribution < -0.4 is 0 Å². The Morgan fingerprint density at radius 2 is 2.00 bits per heavy atom. The maximum Gasteiger partial charge on any atom is 0.106 e. The summed E-state index contributed by atoms with van der Waals surface area (Å²) in [5.74, 6) is 1.09. The van der Waals surface area contributed by atoms with Crippen molar-refractivity contribution in [3.8, 4) is 0 Å². The number of hydrogen-bond donors (Lipinski definition) is 1. The Morgan fingerprint density at radius 3 is 2.50 bits per heavy atom. The molecule has 0 spiro atoms. The summed E-state index contributed by atoms with van der Waals surface area (Å²) in [5.41, 5.74) is -0.469. The zero-order valence-electron chi connectivity index (χ0n) is 7.87. The summed E-state index contributed by atoms with van der Waals surface area (Å²) in [7, 11) is 0. The van der Waals surface area contributed by atoms with E-state index in [1.165, 1.54) is 25.7 Å². The van der Waals surface area contributed by atoms with Gasteiger partial charge in [-0.25, -0.2) is 0 Å². The van der Waals surface area contributed by atoms with Gasteiger partial charge in [-0.15, -0.1) is 11.3 Å². The minimum absolute atomic E-state index is 0.469. The van der Waals surface area contributed by atoms with Crippen LogP contribution in [-0.2, 0) is 5.60 Å². The van der Waals surface area contributed by atoms with E-state index in [2.05, 4.69) is 21.3 Å². The molecule has 0 radical (unpaired) electrons. The second kappa shape index (κ2) is 3.06. The van der Waals surface area contributed by atoms with Gasteiger partial charge in [0.15, 0.2) is 0 Å². The van der Waals surface area contributed by atoms with Gasteiger partial charge in [0.05, 0.1) is 4.88 Å². The largest absolute Gasteiger partial charge is 0.384 e. The summed E-state index contributed by atoms with van der Waals surface area (Å²) in [6.07, 6.45) is 5.02. The van der Waals surface area contributed by atoms with Crippen LogP contribution >= 0.6 is 27.3 Å². The summed E-state index contributed by atoms with van der Waals surface area (Å²) >= 11 is 5.21. The molecule has 14 heavy (non-hydrogen) atoms. The predicted octanol–water partition coefficient (Wildman–Crippen LogP) is 3.52. The second-order valence-electron chi connectivity index (χ2n) is 4.42. The van der Waals surface area contributed by atoms with Crippen molar-refractivity contribution in [1.29, 1.82) is 0 Å². The lowest BCUT2D eigenvalue weighted by Crippen LogP contribution is -2.08. The molecule has 2 atom stereocenters. The summed E-state index contributed by atoms with van der Waals surface area (Å²) in [6, 6.07) is 2.04. The monoisotopic (exact) mass is 272 g/mol. The molecule has 0 bridgehead atoms. The summed E-state index contributed by atoms with van der Waals surface area (Å²) in [5, 5.41) is 12.7. The fraction of sp³-hybridized carbons (Fsp3) is 0.636. The van der Waals surface area contributed by atoms with Crippen LogP contribution in [0, 0.1) is 11.8 Å². The highest BCUT2D eigenvalue weighted by Crippen LogP contribution is 2.66. The molecule has 0 saturated heterocycles. The van der Waals surface area contributed by atoms with Crippen LogP contribution in [0.5, 0.6) is 0 Å². The van der Waals surface area contributed by atoms with Crippen molar-refractivity contribution in [1.82, 2.24) is 0 Å². The summed E-state index contributed by atoms with van der Waals surface area (Å²) < 4.78 is 1.10. The fourth-order valence-corrected chi connectivity index (χ4v) is 4.93. The molecule has 3 rings (SSSR count). The van der Waals surface area contributed by atoms with Gasteiger partial charge >= 0.3 is 0 Å². The Morgan fingerprint density at radius 1 is 1.36 bits per heavy atom. The molecule has 1 aromatic heterocycles. The van der Waals surface area contributed by atoms with Gasteiger partial charge in [0.25, 0.3) is 0 Å². The molecule has 2 aliphatic carbocycles. The van der Waals surface area contributed by atoms with Crippen LogP contribution in [0.15, 0.2) is 15.9 Å². The van der Waals surface area contributed by atoms with Gasteiger partial charge in [-0.05, 0) is 52.1 Å². The lowest BCUT2D eigenvalue weighted by atomic mass is 10.0. The van der Waals surface area contributed by atoms with E-state index in [0.29, 0.717) is 11.8 Å². The lowest BCUT2D eigenvalue weighted by molar-refractivity contribution is 0.121. The van der Waals surface area contributed by atoms with Gasteiger partial charge in [0, 0.05) is 4.47 Å². The predicted molar refractivity (Wildman–Crippen MR) is 61.4 cm³/mol. The first kappa shape index (κ1) is 9.37. The molecule has 1 heterocycles. The van der Waals surface area contributed by atoms with Crippen LogP contribution in [0.4, 0.5) is 0 Å². The van der Waals surface area contributed by atoms with Crippen molar-refractivity contribution >= 4 is 27.3 Å². The van der Waals surface area contributed by atoms with Gasteiger partial charge in [-0.2, -0.15) is 0 Å². The third-order valence-corrected chi connectivity index (χ3v) is 5.75. The smallest absolute Gasteiger partial charge is 0.106 e. The van der Waals surface area contributed by atoms with E-state index >= 15 is 0 Å². The normalized spacial score (nSPS) is 40.7. The van der Waals surface area contributed by atoms with Crippen LogP contribution in [0.3, 0.4) is 0 Å². The van der Waals surface area contributed by atoms with Gasteiger partial charge in [-0.3, -0.25) is 0 Å². The fourth-order valence-electron chi connectivity index (χ4n) is 3.01. The molecular weight excluding hydrogens is 260 g/mol. The first-order chi connectivity index (χ1) is 6.74. The molecule has 3 heteroatoms. The second-order valence-corrected chi connectivity index (χ2v) is 6.19. The van der Waals surface area contributed by atoms with Crippen LogP contribution in [0.2, 0.25) is 0 Å². The third kappa shape index (κ3) is 1.09. The summed E-state index contributed by atoms with van der Waals surface area (Å²) in [6.45, 7) is 0. The van der Waals surface area contributed by atoms with Crippen molar-refractivity contribution in [2.24, 2.45) is 11.8 Å². The van der Waals surface area contributed by atoms with Crippen molar-refractivity contribution in [2.75, 3.05) is 0 Å². The van der Waals surface area contributed by atoms with Crippen molar-refractivity contribution in [3.05, 3.63) is 20.8 Å². The van der Waals surface area contributed by atoms with Gasteiger partial charge < -0.3 is 5.11 Å². The molecule has 76 valence electrons. The van der Waals surface area contributed by atoms with E-state index in [0.717, 1.165) is 9.35 Å². The van der Waals surface area contributed by atoms with Gasteiger partial charge in [0.1, 0.15) is 5.60 Å². The molecule has 0 aliphatic heterocycles. The Kier molecular flexibility index (Phi) is 2.05. The Hall–Kier alpha value is 0.140. The molecule has 2 saturated carbocycles. The van der Waals surface area contributed by atoms with Crippen molar-refractivity contribution in [3.63, 3.8) is 0 Å².